The number of carbonyl (C=O) groups is 1. The van der Waals surface area contributed by atoms with Crippen LogP contribution in [-0.4, -0.2) is 10.8 Å². The van der Waals surface area contributed by atoms with Crippen LogP contribution < -0.4 is 0 Å². The van der Waals surface area contributed by atoms with Crippen molar-refractivity contribution in [2.24, 2.45) is 0 Å². The maximum Gasteiger partial charge on any atom is 0.194 e. The van der Waals surface area contributed by atoms with Gasteiger partial charge in [0.05, 0.1) is 0 Å². The fraction of sp³-hybridized carbons (Fsp3) is 0.333. The van der Waals surface area contributed by atoms with Crippen LogP contribution in [0.5, 0.6) is 0 Å². The number of carbonyl (C=O) groups excluding carboxylic acids is 1. The van der Waals surface area contributed by atoms with E-state index in [0.29, 0.717) is 11.5 Å². The highest BCUT2D eigenvalue weighted by atomic mass is 16.1. The summed E-state index contributed by atoms with van der Waals surface area (Å²) in [6.07, 6.45) is 3.90. The molecule has 0 atom stereocenters. The first-order valence-corrected chi connectivity index (χ1v) is 7.24. The molecule has 0 spiro atoms. The summed E-state index contributed by atoms with van der Waals surface area (Å²) in [7, 11) is 0. The van der Waals surface area contributed by atoms with E-state index in [1.54, 1.807) is 0 Å². The van der Waals surface area contributed by atoms with Crippen LogP contribution in [0.1, 0.15) is 58.1 Å². The summed E-state index contributed by atoms with van der Waals surface area (Å²) in [4.78, 5) is 16.9. The number of rotatable bonds is 3. The number of ketones is 1. The highest BCUT2D eigenvalue weighted by Gasteiger charge is 2.20. The second-order valence-corrected chi connectivity index (χ2v) is 5.66. The molecule has 1 aliphatic carbocycles. The Hall–Kier alpha value is -1.96. The zero-order valence-electron chi connectivity index (χ0n) is 12.0. The molecule has 20 heavy (non-hydrogen) atoms. The summed E-state index contributed by atoms with van der Waals surface area (Å²) in [6.45, 7) is 3.83. The second kappa shape index (κ2) is 5.20. The van der Waals surface area contributed by atoms with E-state index in [9.17, 15) is 4.79 Å². The molecule has 0 saturated heterocycles. The van der Waals surface area contributed by atoms with Crippen LogP contribution in [0.4, 0.5) is 0 Å². The van der Waals surface area contributed by atoms with Crippen molar-refractivity contribution in [1.82, 2.24) is 4.98 Å². The van der Waals surface area contributed by atoms with Gasteiger partial charge < -0.3 is 0 Å². The molecule has 1 heterocycles. The van der Waals surface area contributed by atoms with Gasteiger partial charge in [0.2, 0.25) is 0 Å². The first kappa shape index (κ1) is 13.0. The van der Waals surface area contributed by atoms with E-state index in [0.717, 1.165) is 17.0 Å². The average molecular weight is 265 g/mol. The Labute approximate surface area is 119 Å². The van der Waals surface area contributed by atoms with Crippen molar-refractivity contribution in [3.8, 4) is 0 Å². The third-order valence-corrected chi connectivity index (χ3v) is 4.22. The lowest BCUT2D eigenvalue weighted by Crippen LogP contribution is -2.10. The third-order valence-electron chi connectivity index (χ3n) is 4.22. The third kappa shape index (κ3) is 2.38. The molecule has 1 aromatic heterocycles. The quantitative estimate of drug-likeness (QED) is 0.779. The number of aromatic nitrogens is 1. The van der Waals surface area contributed by atoms with Gasteiger partial charge in [-0.05, 0) is 50.3 Å². The molecule has 0 unspecified atom stereocenters. The van der Waals surface area contributed by atoms with Gasteiger partial charge in [-0.2, -0.15) is 0 Å². The Kier molecular flexibility index (Phi) is 3.39. The van der Waals surface area contributed by atoms with Gasteiger partial charge in [0.1, 0.15) is 0 Å². The number of benzene rings is 1. The molecule has 0 amide bonds. The minimum absolute atomic E-state index is 0.0650. The van der Waals surface area contributed by atoms with Gasteiger partial charge in [-0.3, -0.25) is 9.78 Å². The zero-order chi connectivity index (χ0) is 14.1. The second-order valence-electron chi connectivity index (χ2n) is 5.66. The fourth-order valence-corrected chi connectivity index (χ4v) is 2.73. The Morgan fingerprint density at radius 3 is 2.30 bits per heavy atom. The van der Waals surface area contributed by atoms with Crippen molar-refractivity contribution in [1.29, 1.82) is 0 Å². The number of pyridine rings is 1. The van der Waals surface area contributed by atoms with Crippen molar-refractivity contribution >= 4 is 5.78 Å². The summed E-state index contributed by atoms with van der Waals surface area (Å²) in [5, 5.41) is 0. The van der Waals surface area contributed by atoms with E-state index in [1.165, 1.54) is 24.8 Å². The molecule has 0 bridgehead atoms. The van der Waals surface area contributed by atoms with E-state index in [1.807, 2.05) is 38.1 Å². The predicted molar refractivity (Wildman–Crippen MR) is 80.2 cm³/mol. The molecule has 2 aromatic rings. The summed E-state index contributed by atoms with van der Waals surface area (Å²) in [5.74, 6) is 0.775. The summed E-state index contributed by atoms with van der Waals surface area (Å²) in [5.41, 5.74) is 4.57. The van der Waals surface area contributed by atoms with Crippen LogP contribution in [0.2, 0.25) is 0 Å². The Balaban J connectivity index is 1.86. The zero-order valence-corrected chi connectivity index (χ0v) is 12.0. The number of hydrogen-bond donors (Lipinski definition) is 0. The summed E-state index contributed by atoms with van der Waals surface area (Å²) >= 11 is 0. The van der Waals surface area contributed by atoms with Crippen LogP contribution in [0.15, 0.2) is 36.4 Å². The molecule has 0 aliphatic heterocycles. The van der Waals surface area contributed by atoms with Crippen LogP contribution >= 0.6 is 0 Å². The molecule has 1 saturated carbocycles. The minimum atomic E-state index is 0.0650. The topological polar surface area (TPSA) is 30.0 Å². The van der Waals surface area contributed by atoms with E-state index in [4.69, 9.17) is 0 Å². The predicted octanol–water partition coefficient (Wildman–Crippen LogP) is 4.20. The summed E-state index contributed by atoms with van der Waals surface area (Å²) in [6, 6.07) is 11.9. The first-order chi connectivity index (χ1) is 9.65. The number of nitrogens with zero attached hydrogens (tertiary/aromatic N) is 1. The molecule has 0 N–H and O–H groups in total. The Bertz CT molecular complexity index is 639. The average Bonchev–Trinajstić information content (AvgIpc) is 2.37. The molecule has 0 radical (unpaired) electrons. The monoisotopic (exact) mass is 265 g/mol. The lowest BCUT2D eigenvalue weighted by Gasteiger charge is -2.25. The van der Waals surface area contributed by atoms with Crippen LogP contribution in [0.25, 0.3) is 0 Å². The van der Waals surface area contributed by atoms with Gasteiger partial charge in [-0.15, -0.1) is 0 Å². The lowest BCUT2D eigenvalue weighted by molar-refractivity contribution is 0.103. The molecular weight excluding hydrogens is 246 g/mol. The molecule has 1 fully saturated rings. The van der Waals surface area contributed by atoms with Gasteiger partial charge >= 0.3 is 0 Å². The Morgan fingerprint density at radius 2 is 1.75 bits per heavy atom. The van der Waals surface area contributed by atoms with Crippen LogP contribution in [0, 0.1) is 13.8 Å². The SMILES string of the molecule is Cc1ccc(C(=O)c2ccc(C3CCC3)cc2)c(C)n1. The van der Waals surface area contributed by atoms with Crippen molar-refractivity contribution < 1.29 is 4.79 Å². The number of aryl methyl sites for hydroxylation is 2. The maximum absolute atomic E-state index is 12.5. The van der Waals surface area contributed by atoms with E-state index < -0.39 is 0 Å². The minimum Gasteiger partial charge on any atom is -0.289 e. The van der Waals surface area contributed by atoms with E-state index >= 15 is 0 Å². The van der Waals surface area contributed by atoms with Crippen molar-refractivity contribution in [3.05, 3.63) is 64.5 Å². The first-order valence-electron chi connectivity index (χ1n) is 7.24. The van der Waals surface area contributed by atoms with Gasteiger partial charge in [-0.1, -0.05) is 30.7 Å². The van der Waals surface area contributed by atoms with Crippen molar-refractivity contribution in [2.45, 2.75) is 39.0 Å². The largest absolute Gasteiger partial charge is 0.289 e. The molecule has 3 rings (SSSR count). The number of hydrogen-bond acceptors (Lipinski definition) is 2. The van der Waals surface area contributed by atoms with Gasteiger partial charge in [-0.25, -0.2) is 0 Å². The molecule has 1 aliphatic rings. The molecular formula is C18H19NO. The molecule has 1 aromatic carbocycles. The highest BCUT2D eigenvalue weighted by Crippen LogP contribution is 2.36. The highest BCUT2D eigenvalue weighted by molar-refractivity contribution is 6.09. The molecule has 102 valence electrons. The van der Waals surface area contributed by atoms with Crippen molar-refractivity contribution in [2.75, 3.05) is 0 Å². The maximum atomic E-state index is 12.5. The molecule has 2 heteroatoms. The lowest BCUT2D eigenvalue weighted by atomic mass is 9.80. The van der Waals surface area contributed by atoms with Gasteiger partial charge in [0.15, 0.2) is 5.78 Å². The fourth-order valence-electron chi connectivity index (χ4n) is 2.73. The van der Waals surface area contributed by atoms with Crippen LogP contribution in [0.3, 0.4) is 0 Å². The standard InChI is InChI=1S/C18H19NO/c1-12-6-11-17(13(2)19-12)18(20)16-9-7-15(8-10-16)14-4-3-5-14/h6-11,14H,3-5H2,1-2H3. The summed E-state index contributed by atoms with van der Waals surface area (Å²) < 4.78 is 0. The van der Waals surface area contributed by atoms with Gasteiger partial charge in [0.25, 0.3) is 0 Å². The smallest absolute Gasteiger partial charge is 0.194 e. The van der Waals surface area contributed by atoms with Gasteiger partial charge in [0, 0.05) is 22.5 Å². The van der Waals surface area contributed by atoms with Crippen LogP contribution in [-0.2, 0) is 0 Å². The Morgan fingerprint density at radius 1 is 1.05 bits per heavy atom. The molecule has 2 nitrogen and oxygen atoms in total. The van der Waals surface area contributed by atoms with E-state index in [-0.39, 0.29) is 5.78 Å². The normalized spacial score (nSPS) is 14.9. The van der Waals surface area contributed by atoms with E-state index in [2.05, 4.69) is 17.1 Å². The van der Waals surface area contributed by atoms with Crippen molar-refractivity contribution in [3.63, 3.8) is 0 Å².